The molecule has 0 aromatic heterocycles. The van der Waals surface area contributed by atoms with E-state index in [4.69, 9.17) is 9.84 Å². The highest BCUT2D eigenvalue weighted by atomic mass is 16.5. The molecule has 2 rings (SSSR count). The molecule has 0 aliphatic heterocycles. The van der Waals surface area contributed by atoms with Crippen LogP contribution in [0.5, 0.6) is 17.2 Å². The molecule has 6 heteroatoms. The number of phenols is 2. The Morgan fingerprint density at radius 1 is 1.23 bits per heavy atom. The quantitative estimate of drug-likeness (QED) is 0.581. The number of hydrogen-bond acceptors (Lipinski definition) is 5. The number of amides is 1. The number of rotatable bonds is 5. The van der Waals surface area contributed by atoms with Crippen molar-refractivity contribution in [2.24, 2.45) is 5.10 Å². The maximum atomic E-state index is 11.6. The van der Waals surface area contributed by atoms with Crippen molar-refractivity contribution in [1.82, 2.24) is 5.43 Å². The third-order valence-corrected chi connectivity index (χ3v) is 2.80. The summed E-state index contributed by atoms with van der Waals surface area (Å²) in [4.78, 5) is 11.6. The van der Waals surface area contributed by atoms with Crippen molar-refractivity contribution < 1.29 is 19.7 Å². The van der Waals surface area contributed by atoms with Gasteiger partial charge in [0.1, 0.15) is 17.2 Å². The summed E-state index contributed by atoms with van der Waals surface area (Å²) in [5.74, 6) is -0.00455. The molecular weight excluding hydrogens is 284 g/mol. The molecule has 1 amide bonds. The van der Waals surface area contributed by atoms with Crippen LogP contribution in [0.2, 0.25) is 0 Å². The van der Waals surface area contributed by atoms with Crippen LogP contribution in [-0.2, 0) is 4.79 Å². The third-order valence-electron chi connectivity index (χ3n) is 2.80. The van der Waals surface area contributed by atoms with Crippen molar-refractivity contribution in [3.63, 3.8) is 0 Å². The van der Waals surface area contributed by atoms with Crippen LogP contribution in [0, 0.1) is 6.92 Å². The van der Waals surface area contributed by atoms with Crippen molar-refractivity contribution in [2.45, 2.75) is 6.92 Å². The van der Waals surface area contributed by atoms with Crippen molar-refractivity contribution >= 4 is 12.1 Å². The second-order valence-electron chi connectivity index (χ2n) is 4.64. The molecule has 0 saturated carbocycles. The first kappa shape index (κ1) is 15.4. The van der Waals surface area contributed by atoms with Gasteiger partial charge in [0, 0.05) is 11.6 Å². The lowest BCUT2D eigenvalue weighted by atomic mass is 10.2. The molecule has 0 aliphatic carbocycles. The molecule has 114 valence electrons. The number of hydrogen-bond donors (Lipinski definition) is 3. The van der Waals surface area contributed by atoms with Crippen molar-refractivity contribution in [3.05, 3.63) is 53.6 Å². The zero-order valence-electron chi connectivity index (χ0n) is 12.0. The van der Waals surface area contributed by atoms with Gasteiger partial charge < -0.3 is 14.9 Å². The lowest BCUT2D eigenvalue weighted by Crippen LogP contribution is -2.24. The van der Waals surface area contributed by atoms with Crippen LogP contribution in [-0.4, -0.2) is 28.9 Å². The van der Waals surface area contributed by atoms with E-state index in [0.717, 1.165) is 5.56 Å². The molecule has 0 atom stereocenters. The second kappa shape index (κ2) is 7.12. The number of carbonyl (C=O) groups is 1. The first-order valence-electron chi connectivity index (χ1n) is 6.58. The lowest BCUT2D eigenvalue weighted by molar-refractivity contribution is -0.123. The van der Waals surface area contributed by atoms with Crippen molar-refractivity contribution in [3.8, 4) is 17.2 Å². The molecule has 22 heavy (non-hydrogen) atoms. The Labute approximate surface area is 127 Å². The van der Waals surface area contributed by atoms with Crippen LogP contribution in [0.1, 0.15) is 11.1 Å². The van der Waals surface area contributed by atoms with Crippen LogP contribution in [0.4, 0.5) is 0 Å². The van der Waals surface area contributed by atoms with E-state index >= 15 is 0 Å². The summed E-state index contributed by atoms with van der Waals surface area (Å²) in [5.41, 5.74) is 3.77. The summed E-state index contributed by atoms with van der Waals surface area (Å²) in [7, 11) is 0. The normalized spacial score (nSPS) is 10.6. The largest absolute Gasteiger partial charge is 0.508 e. The number of aryl methyl sites for hydroxylation is 1. The molecule has 2 aromatic rings. The standard InChI is InChI=1S/C16H16N2O4/c1-11-2-6-14(7-3-11)22-10-16(21)18-17-9-12-4-5-13(19)8-15(12)20/h2-9,19-20H,10H2,1H3,(H,18,21). The molecule has 0 fully saturated rings. The number of nitrogens with zero attached hydrogens (tertiary/aromatic N) is 1. The first-order valence-corrected chi connectivity index (χ1v) is 6.58. The highest BCUT2D eigenvalue weighted by molar-refractivity contribution is 5.85. The van der Waals surface area contributed by atoms with Gasteiger partial charge in [-0.2, -0.15) is 5.10 Å². The van der Waals surface area contributed by atoms with Crippen LogP contribution in [0.15, 0.2) is 47.6 Å². The Morgan fingerprint density at radius 3 is 2.64 bits per heavy atom. The van der Waals surface area contributed by atoms with Crippen LogP contribution in [0.25, 0.3) is 0 Å². The van der Waals surface area contributed by atoms with Gasteiger partial charge in [-0.05, 0) is 31.2 Å². The van der Waals surface area contributed by atoms with Gasteiger partial charge in [-0.15, -0.1) is 0 Å². The van der Waals surface area contributed by atoms with E-state index in [9.17, 15) is 9.90 Å². The number of carbonyl (C=O) groups excluding carboxylic acids is 1. The molecule has 0 radical (unpaired) electrons. The van der Waals surface area contributed by atoms with Gasteiger partial charge in [-0.1, -0.05) is 17.7 Å². The van der Waals surface area contributed by atoms with E-state index in [2.05, 4.69) is 10.5 Å². The number of phenolic OH excluding ortho intramolecular Hbond substituents is 2. The van der Waals surface area contributed by atoms with E-state index in [-0.39, 0.29) is 18.1 Å². The zero-order valence-corrected chi connectivity index (χ0v) is 12.0. The molecule has 2 aromatic carbocycles. The van der Waals surface area contributed by atoms with Gasteiger partial charge in [0.2, 0.25) is 0 Å². The molecule has 0 aliphatic rings. The minimum atomic E-state index is -0.421. The highest BCUT2D eigenvalue weighted by Gasteiger charge is 2.02. The molecule has 0 saturated heterocycles. The Kier molecular flexibility index (Phi) is 4.98. The Bertz CT molecular complexity index is 681. The van der Waals surface area contributed by atoms with E-state index in [0.29, 0.717) is 11.3 Å². The molecule has 6 nitrogen and oxygen atoms in total. The molecular formula is C16H16N2O4. The smallest absolute Gasteiger partial charge is 0.277 e. The monoisotopic (exact) mass is 300 g/mol. The fourth-order valence-electron chi connectivity index (χ4n) is 1.63. The van der Waals surface area contributed by atoms with Gasteiger partial charge in [-0.25, -0.2) is 5.43 Å². The predicted octanol–water partition coefficient (Wildman–Crippen LogP) is 1.94. The summed E-state index contributed by atoms with van der Waals surface area (Å²) in [6.07, 6.45) is 1.28. The molecule has 0 unspecified atom stereocenters. The predicted molar refractivity (Wildman–Crippen MR) is 82.2 cm³/mol. The first-order chi connectivity index (χ1) is 10.5. The minimum Gasteiger partial charge on any atom is -0.508 e. The average molecular weight is 300 g/mol. The SMILES string of the molecule is Cc1ccc(OCC(=O)NN=Cc2ccc(O)cc2O)cc1. The Balaban J connectivity index is 1.82. The van der Waals surface area contributed by atoms with Gasteiger partial charge in [0.05, 0.1) is 6.21 Å². The zero-order chi connectivity index (χ0) is 15.9. The number of benzene rings is 2. The Morgan fingerprint density at radius 2 is 1.95 bits per heavy atom. The maximum absolute atomic E-state index is 11.6. The summed E-state index contributed by atoms with van der Waals surface area (Å²) >= 11 is 0. The van der Waals surface area contributed by atoms with E-state index < -0.39 is 5.91 Å². The Hall–Kier alpha value is -3.02. The highest BCUT2D eigenvalue weighted by Crippen LogP contribution is 2.20. The van der Waals surface area contributed by atoms with Crippen LogP contribution < -0.4 is 10.2 Å². The van der Waals surface area contributed by atoms with Crippen molar-refractivity contribution in [2.75, 3.05) is 6.61 Å². The molecule has 3 N–H and O–H groups in total. The van der Waals surface area contributed by atoms with Gasteiger partial charge in [0.15, 0.2) is 6.61 Å². The maximum Gasteiger partial charge on any atom is 0.277 e. The summed E-state index contributed by atoms with van der Waals surface area (Å²) in [6.45, 7) is 1.80. The van der Waals surface area contributed by atoms with Gasteiger partial charge >= 0.3 is 0 Å². The lowest BCUT2D eigenvalue weighted by Gasteiger charge is -2.05. The van der Waals surface area contributed by atoms with Gasteiger partial charge in [0.25, 0.3) is 5.91 Å². The molecule has 0 spiro atoms. The number of aromatic hydroxyl groups is 2. The number of hydrazone groups is 1. The van der Waals surface area contributed by atoms with E-state index in [1.165, 1.54) is 24.4 Å². The van der Waals surface area contributed by atoms with E-state index in [1.54, 1.807) is 12.1 Å². The molecule has 0 heterocycles. The van der Waals surface area contributed by atoms with Crippen LogP contribution in [0.3, 0.4) is 0 Å². The summed E-state index contributed by atoms with van der Waals surface area (Å²) in [5, 5.41) is 22.4. The number of nitrogens with one attached hydrogen (secondary N) is 1. The summed E-state index contributed by atoms with van der Waals surface area (Å²) < 4.78 is 5.30. The van der Waals surface area contributed by atoms with Crippen LogP contribution >= 0.6 is 0 Å². The summed E-state index contributed by atoms with van der Waals surface area (Å²) in [6, 6.07) is 11.4. The van der Waals surface area contributed by atoms with Crippen molar-refractivity contribution in [1.29, 1.82) is 0 Å². The third kappa shape index (κ3) is 4.52. The fraction of sp³-hybridized carbons (Fsp3) is 0.125. The molecule has 0 bridgehead atoms. The fourth-order valence-corrected chi connectivity index (χ4v) is 1.63. The number of ether oxygens (including phenoxy) is 1. The second-order valence-corrected chi connectivity index (χ2v) is 4.64. The minimum absolute atomic E-state index is 0.0508. The average Bonchev–Trinajstić information content (AvgIpc) is 2.49. The van der Waals surface area contributed by atoms with Gasteiger partial charge in [-0.3, -0.25) is 4.79 Å². The van der Waals surface area contributed by atoms with E-state index in [1.807, 2.05) is 19.1 Å². The topological polar surface area (TPSA) is 91.2 Å².